The van der Waals surface area contributed by atoms with Gasteiger partial charge in [-0.25, -0.2) is 9.78 Å². The average molecular weight is 446 g/mol. The van der Waals surface area contributed by atoms with Crippen LogP contribution in [0, 0.1) is 0 Å². The number of carbonyl (C=O) groups excluding carboxylic acids is 2. The van der Waals surface area contributed by atoms with Gasteiger partial charge in [-0.05, 0) is 43.3 Å². The summed E-state index contributed by atoms with van der Waals surface area (Å²) in [6.45, 7) is 1.56. The predicted octanol–water partition coefficient (Wildman–Crippen LogP) is 5.99. The third-order valence-electron chi connectivity index (χ3n) is 5.11. The van der Waals surface area contributed by atoms with E-state index >= 15 is 0 Å². The van der Waals surface area contributed by atoms with Crippen LogP contribution in [-0.4, -0.2) is 30.0 Å². The van der Waals surface area contributed by atoms with Gasteiger partial charge in [-0.15, -0.1) is 0 Å². The molecule has 5 nitrogen and oxygen atoms in total. The Hall–Kier alpha value is -3.70. The van der Waals surface area contributed by atoms with Gasteiger partial charge in [-0.2, -0.15) is 0 Å². The molecule has 0 bridgehead atoms. The molecule has 0 aliphatic rings. The number of aromatic nitrogens is 1. The summed E-state index contributed by atoms with van der Waals surface area (Å²) in [6.07, 6.45) is -0.947. The highest BCUT2D eigenvalue weighted by atomic mass is 35.5. The molecular formula is C26H20ClNO4. The average Bonchev–Trinajstić information content (AvgIpc) is 2.83. The maximum Gasteiger partial charge on any atom is 0.339 e. The minimum absolute atomic E-state index is 0.272. The van der Waals surface area contributed by atoms with Crippen molar-refractivity contribution in [3.05, 3.63) is 95.0 Å². The second-order valence-corrected chi connectivity index (χ2v) is 7.60. The zero-order valence-corrected chi connectivity index (χ0v) is 18.3. The largest absolute Gasteiger partial charge is 0.497 e. The summed E-state index contributed by atoms with van der Waals surface area (Å²) in [6, 6.07) is 22.9. The van der Waals surface area contributed by atoms with Crippen LogP contribution in [0.4, 0.5) is 0 Å². The van der Waals surface area contributed by atoms with Crippen LogP contribution in [0.25, 0.3) is 22.2 Å². The lowest BCUT2D eigenvalue weighted by Crippen LogP contribution is -2.24. The minimum Gasteiger partial charge on any atom is -0.497 e. The maximum absolute atomic E-state index is 13.1. The number of ether oxygens (including phenoxy) is 2. The van der Waals surface area contributed by atoms with Crippen molar-refractivity contribution >= 4 is 34.3 Å². The number of hydrogen-bond acceptors (Lipinski definition) is 5. The predicted molar refractivity (Wildman–Crippen MR) is 124 cm³/mol. The van der Waals surface area contributed by atoms with Crippen molar-refractivity contribution in [1.82, 2.24) is 4.98 Å². The van der Waals surface area contributed by atoms with Crippen molar-refractivity contribution in [3.8, 4) is 17.0 Å². The minimum atomic E-state index is -0.947. The van der Waals surface area contributed by atoms with E-state index in [1.165, 1.54) is 0 Å². The SMILES string of the molecule is COc1ccc(-c2cc(C(=O)O[C@H](C)C(=O)c3ccccc3)c3cccc(Cl)c3n2)cc1. The van der Waals surface area contributed by atoms with Crippen LogP contribution < -0.4 is 4.74 Å². The van der Waals surface area contributed by atoms with Gasteiger partial charge in [0.05, 0.1) is 28.9 Å². The molecule has 3 aromatic carbocycles. The van der Waals surface area contributed by atoms with Crippen LogP contribution in [0.15, 0.2) is 78.9 Å². The van der Waals surface area contributed by atoms with E-state index in [1.54, 1.807) is 62.6 Å². The highest BCUT2D eigenvalue weighted by molar-refractivity contribution is 6.35. The van der Waals surface area contributed by atoms with E-state index < -0.39 is 12.1 Å². The number of halogens is 1. The Labute approximate surface area is 190 Å². The number of Topliss-reactive ketones (excluding diaryl/α,β-unsaturated/α-hetero) is 1. The number of methoxy groups -OCH3 is 1. The number of ketones is 1. The highest BCUT2D eigenvalue weighted by Crippen LogP contribution is 2.30. The molecular weight excluding hydrogens is 426 g/mol. The van der Waals surface area contributed by atoms with Crippen LogP contribution in [0.3, 0.4) is 0 Å². The van der Waals surface area contributed by atoms with Crippen molar-refractivity contribution in [3.63, 3.8) is 0 Å². The molecule has 6 heteroatoms. The lowest BCUT2D eigenvalue weighted by Gasteiger charge is -2.15. The molecule has 0 saturated carbocycles. The zero-order chi connectivity index (χ0) is 22.7. The first kappa shape index (κ1) is 21.5. The van der Waals surface area contributed by atoms with Gasteiger partial charge in [0, 0.05) is 16.5 Å². The molecule has 0 spiro atoms. The van der Waals surface area contributed by atoms with Crippen molar-refractivity contribution in [2.45, 2.75) is 13.0 Å². The number of hydrogen-bond donors (Lipinski definition) is 0. The molecule has 4 rings (SSSR count). The summed E-state index contributed by atoms with van der Waals surface area (Å²) in [4.78, 5) is 30.4. The van der Waals surface area contributed by atoms with Gasteiger partial charge < -0.3 is 9.47 Å². The van der Waals surface area contributed by atoms with E-state index in [9.17, 15) is 9.59 Å². The van der Waals surface area contributed by atoms with E-state index in [1.807, 2.05) is 30.3 Å². The molecule has 0 saturated heterocycles. The monoisotopic (exact) mass is 445 g/mol. The molecule has 0 amide bonds. The smallest absolute Gasteiger partial charge is 0.339 e. The van der Waals surface area contributed by atoms with Gasteiger partial charge >= 0.3 is 5.97 Å². The summed E-state index contributed by atoms with van der Waals surface area (Å²) >= 11 is 6.39. The molecule has 0 unspecified atom stereocenters. The molecule has 0 aliphatic carbocycles. The van der Waals surface area contributed by atoms with Crippen molar-refractivity contribution < 1.29 is 19.1 Å². The molecule has 0 aliphatic heterocycles. The van der Waals surface area contributed by atoms with Gasteiger partial charge in [0.25, 0.3) is 0 Å². The first-order valence-corrected chi connectivity index (χ1v) is 10.4. The second-order valence-electron chi connectivity index (χ2n) is 7.20. The number of benzene rings is 3. The van der Waals surface area contributed by atoms with E-state index in [2.05, 4.69) is 4.98 Å². The maximum atomic E-state index is 13.1. The van der Waals surface area contributed by atoms with Gasteiger partial charge in [0.1, 0.15) is 5.75 Å². The third-order valence-corrected chi connectivity index (χ3v) is 5.41. The van der Waals surface area contributed by atoms with Gasteiger partial charge in [0.2, 0.25) is 5.78 Å². The number of nitrogens with zero attached hydrogens (tertiary/aromatic N) is 1. The number of fused-ring (bicyclic) bond motifs is 1. The fraction of sp³-hybridized carbons (Fsp3) is 0.115. The number of esters is 1. The molecule has 1 atom stereocenters. The number of para-hydroxylation sites is 1. The highest BCUT2D eigenvalue weighted by Gasteiger charge is 2.23. The Morgan fingerprint density at radius 2 is 1.66 bits per heavy atom. The third kappa shape index (κ3) is 4.34. The Balaban J connectivity index is 1.72. The Morgan fingerprint density at radius 3 is 2.34 bits per heavy atom. The summed E-state index contributed by atoms with van der Waals surface area (Å²) in [7, 11) is 1.59. The summed E-state index contributed by atoms with van der Waals surface area (Å²) in [5.41, 5.74) is 2.60. The Bertz CT molecular complexity index is 1290. The number of rotatable bonds is 6. The van der Waals surface area contributed by atoms with Gasteiger partial charge in [0.15, 0.2) is 6.10 Å². The van der Waals surface area contributed by atoms with E-state index in [0.717, 1.165) is 5.56 Å². The molecule has 0 fully saturated rings. The van der Waals surface area contributed by atoms with Crippen LogP contribution in [0.2, 0.25) is 5.02 Å². The Kier molecular flexibility index (Phi) is 6.19. The summed E-state index contributed by atoms with van der Waals surface area (Å²) < 4.78 is 10.8. The molecule has 0 N–H and O–H groups in total. The zero-order valence-electron chi connectivity index (χ0n) is 17.5. The van der Waals surface area contributed by atoms with Crippen LogP contribution in [0.5, 0.6) is 5.75 Å². The Morgan fingerprint density at radius 1 is 0.938 bits per heavy atom. The molecule has 32 heavy (non-hydrogen) atoms. The topological polar surface area (TPSA) is 65.5 Å². The fourth-order valence-corrected chi connectivity index (χ4v) is 3.62. The standard InChI is InChI=1S/C26H20ClNO4/c1-16(25(29)18-7-4-3-5-8-18)32-26(30)21-15-23(17-11-13-19(31-2)14-12-17)28-24-20(21)9-6-10-22(24)27/h3-16H,1-2H3/t16-/m1/s1. The molecule has 1 aromatic heterocycles. The molecule has 0 radical (unpaired) electrons. The van der Waals surface area contributed by atoms with Crippen molar-refractivity contribution in [2.24, 2.45) is 0 Å². The second kappa shape index (κ2) is 9.20. The number of carbonyl (C=O) groups is 2. The van der Waals surface area contributed by atoms with Gasteiger partial charge in [-0.1, -0.05) is 54.1 Å². The lowest BCUT2D eigenvalue weighted by molar-refractivity contribution is 0.0320. The molecule has 4 aromatic rings. The normalized spacial score (nSPS) is 11.7. The summed E-state index contributed by atoms with van der Waals surface area (Å²) in [5, 5.41) is 0.972. The van der Waals surface area contributed by atoms with E-state index in [-0.39, 0.29) is 11.3 Å². The van der Waals surface area contributed by atoms with Crippen LogP contribution in [-0.2, 0) is 4.74 Å². The van der Waals surface area contributed by atoms with Crippen LogP contribution in [0.1, 0.15) is 27.6 Å². The van der Waals surface area contributed by atoms with E-state index in [4.69, 9.17) is 21.1 Å². The molecule has 160 valence electrons. The number of pyridine rings is 1. The first-order valence-electron chi connectivity index (χ1n) is 10.0. The fourth-order valence-electron chi connectivity index (χ4n) is 3.41. The summed E-state index contributed by atoms with van der Waals surface area (Å²) in [5.74, 6) is -0.183. The van der Waals surface area contributed by atoms with Crippen molar-refractivity contribution in [1.29, 1.82) is 0 Å². The van der Waals surface area contributed by atoms with E-state index in [0.29, 0.717) is 32.9 Å². The van der Waals surface area contributed by atoms with Gasteiger partial charge in [-0.3, -0.25) is 4.79 Å². The van der Waals surface area contributed by atoms with Crippen LogP contribution >= 0.6 is 11.6 Å². The molecule has 1 heterocycles. The lowest BCUT2D eigenvalue weighted by atomic mass is 10.0. The quantitative estimate of drug-likeness (QED) is 0.269. The van der Waals surface area contributed by atoms with Crippen molar-refractivity contribution in [2.75, 3.05) is 7.11 Å². The first-order chi connectivity index (χ1) is 15.5.